The van der Waals surface area contributed by atoms with Crippen molar-refractivity contribution in [3.8, 4) is 0 Å². The van der Waals surface area contributed by atoms with Crippen molar-refractivity contribution < 1.29 is 9.53 Å². The van der Waals surface area contributed by atoms with Gasteiger partial charge in [-0.3, -0.25) is 14.8 Å². The summed E-state index contributed by atoms with van der Waals surface area (Å²) in [5.74, 6) is 0.495. The highest BCUT2D eigenvalue weighted by Crippen LogP contribution is 2.36. The van der Waals surface area contributed by atoms with E-state index in [1.54, 1.807) is 12.4 Å². The molecule has 1 heterocycles. The lowest BCUT2D eigenvalue weighted by Gasteiger charge is -2.27. The molecule has 1 saturated carbocycles. The zero-order valence-electron chi connectivity index (χ0n) is 11.1. The van der Waals surface area contributed by atoms with E-state index in [1.165, 1.54) is 0 Å². The van der Waals surface area contributed by atoms with Gasteiger partial charge in [-0.25, -0.2) is 0 Å². The van der Waals surface area contributed by atoms with Gasteiger partial charge in [-0.05, 0) is 39.5 Å². The van der Waals surface area contributed by atoms with Crippen LogP contribution in [0.1, 0.15) is 49.9 Å². The van der Waals surface area contributed by atoms with Crippen LogP contribution in [-0.4, -0.2) is 22.5 Å². The second-order valence-electron chi connectivity index (χ2n) is 4.83. The van der Waals surface area contributed by atoms with Crippen LogP contribution in [0.2, 0.25) is 0 Å². The molecule has 0 bridgehead atoms. The molecule has 2 rings (SSSR count). The lowest BCUT2D eigenvalue weighted by atomic mass is 9.80. The molecule has 1 fully saturated rings. The topological polar surface area (TPSA) is 52.1 Å². The summed E-state index contributed by atoms with van der Waals surface area (Å²) in [5.41, 5.74) is 2.11. The highest BCUT2D eigenvalue weighted by Gasteiger charge is 2.29. The average molecular weight is 248 g/mol. The zero-order chi connectivity index (χ0) is 13.0. The number of rotatable bonds is 3. The summed E-state index contributed by atoms with van der Waals surface area (Å²) in [6.45, 7) is 4.33. The number of nitrogens with zero attached hydrogens (tertiary/aromatic N) is 2. The number of carbonyl (C=O) groups is 1. The fourth-order valence-corrected chi connectivity index (χ4v) is 2.68. The number of hydrogen-bond donors (Lipinski definition) is 0. The molecule has 98 valence electrons. The van der Waals surface area contributed by atoms with E-state index >= 15 is 0 Å². The number of aryl methyl sites for hydroxylation is 1. The molecule has 18 heavy (non-hydrogen) atoms. The number of ether oxygens (including phenoxy) is 1. The molecule has 0 spiro atoms. The van der Waals surface area contributed by atoms with E-state index in [0.29, 0.717) is 12.5 Å². The Bertz CT molecular complexity index is 412. The van der Waals surface area contributed by atoms with Crippen molar-refractivity contribution in [2.75, 3.05) is 6.61 Å². The smallest absolute Gasteiger partial charge is 0.308 e. The Morgan fingerprint density at radius 2 is 1.94 bits per heavy atom. The van der Waals surface area contributed by atoms with Gasteiger partial charge in [-0.15, -0.1) is 0 Å². The van der Waals surface area contributed by atoms with Crippen molar-refractivity contribution >= 4 is 5.97 Å². The quantitative estimate of drug-likeness (QED) is 0.772. The maximum atomic E-state index is 11.7. The van der Waals surface area contributed by atoms with Crippen molar-refractivity contribution in [2.24, 2.45) is 5.92 Å². The van der Waals surface area contributed by atoms with Crippen LogP contribution in [0, 0.1) is 12.8 Å². The molecular weight excluding hydrogens is 228 g/mol. The SMILES string of the molecule is CCOC(=O)[C@H]1CC[C@H](c2nccnc2C)CC1. The van der Waals surface area contributed by atoms with Crippen molar-refractivity contribution in [3.63, 3.8) is 0 Å². The molecule has 0 amide bonds. The minimum absolute atomic E-state index is 0.0354. The molecule has 0 aromatic carbocycles. The fraction of sp³-hybridized carbons (Fsp3) is 0.643. The molecule has 0 unspecified atom stereocenters. The van der Waals surface area contributed by atoms with Gasteiger partial charge >= 0.3 is 5.97 Å². The molecule has 1 aliphatic rings. The Morgan fingerprint density at radius 1 is 1.28 bits per heavy atom. The summed E-state index contributed by atoms with van der Waals surface area (Å²) in [7, 11) is 0. The molecule has 0 saturated heterocycles. The third-order valence-electron chi connectivity index (χ3n) is 3.65. The minimum Gasteiger partial charge on any atom is -0.466 e. The molecule has 4 nitrogen and oxygen atoms in total. The van der Waals surface area contributed by atoms with Gasteiger partial charge < -0.3 is 4.74 Å². The lowest BCUT2D eigenvalue weighted by Crippen LogP contribution is -2.23. The van der Waals surface area contributed by atoms with Crippen molar-refractivity contribution in [1.29, 1.82) is 0 Å². The Kier molecular flexibility index (Phi) is 4.28. The summed E-state index contributed by atoms with van der Waals surface area (Å²) < 4.78 is 5.08. The molecule has 1 aromatic heterocycles. The first-order valence-corrected chi connectivity index (χ1v) is 6.66. The van der Waals surface area contributed by atoms with E-state index in [1.807, 2.05) is 13.8 Å². The third kappa shape index (κ3) is 2.86. The summed E-state index contributed by atoms with van der Waals surface area (Å²) in [4.78, 5) is 20.4. The van der Waals surface area contributed by atoms with Crippen LogP contribution in [0.15, 0.2) is 12.4 Å². The monoisotopic (exact) mass is 248 g/mol. The van der Waals surface area contributed by atoms with Gasteiger partial charge in [0.15, 0.2) is 0 Å². The first-order valence-electron chi connectivity index (χ1n) is 6.66. The molecule has 0 atom stereocenters. The molecule has 1 aliphatic carbocycles. The van der Waals surface area contributed by atoms with E-state index < -0.39 is 0 Å². The van der Waals surface area contributed by atoms with E-state index in [0.717, 1.165) is 37.1 Å². The number of carbonyl (C=O) groups excluding carboxylic acids is 1. The standard InChI is InChI=1S/C14H20N2O2/c1-3-18-14(17)12-6-4-11(5-7-12)13-10(2)15-8-9-16-13/h8-9,11-12H,3-7H2,1-2H3/t11-,12-. The Morgan fingerprint density at radius 3 is 2.56 bits per heavy atom. The maximum Gasteiger partial charge on any atom is 0.308 e. The van der Waals surface area contributed by atoms with Gasteiger partial charge in [0.25, 0.3) is 0 Å². The Hall–Kier alpha value is -1.45. The molecule has 0 radical (unpaired) electrons. The second-order valence-corrected chi connectivity index (χ2v) is 4.83. The Labute approximate surface area is 108 Å². The van der Waals surface area contributed by atoms with Crippen LogP contribution in [0.3, 0.4) is 0 Å². The molecular formula is C14H20N2O2. The van der Waals surface area contributed by atoms with Crippen molar-refractivity contribution in [1.82, 2.24) is 9.97 Å². The largest absolute Gasteiger partial charge is 0.466 e. The normalized spacial score (nSPS) is 23.7. The van der Waals surface area contributed by atoms with Crippen LogP contribution >= 0.6 is 0 Å². The van der Waals surface area contributed by atoms with E-state index in [2.05, 4.69) is 9.97 Å². The van der Waals surface area contributed by atoms with E-state index in [-0.39, 0.29) is 11.9 Å². The van der Waals surface area contributed by atoms with Gasteiger partial charge in [-0.1, -0.05) is 0 Å². The second kappa shape index (κ2) is 5.94. The maximum absolute atomic E-state index is 11.7. The highest BCUT2D eigenvalue weighted by molar-refractivity contribution is 5.72. The summed E-state index contributed by atoms with van der Waals surface area (Å²) >= 11 is 0. The summed E-state index contributed by atoms with van der Waals surface area (Å²) in [6, 6.07) is 0. The van der Waals surface area contributed by atoms with Crippen molar-refractivity contribution in [3.05, 3.63) is 23.8 Å². The van der Waals surface area contributed by atoms with Crippen molar-refractivity contribution in [2.45, 2.75) is 45.4 Å². The Balaban J connectivity index is 1.95. The first kappa shape index (κ1) is 13.0. The summed E-state index contributed by atoms with van der Waals surface area (Å²) in [5, 5.41) is 0. The van der Waals surface area contributed by atoms with Crippen LogP contribution < -0.4 is 0 Å². The number of aromatic nitrogens is 2. The van der Waals surface area contributed by atoms with Gasteiger partial charge in [0.05, 0.1) is 23.9 Å². The van der Waals surface area contributed by atoms with Crippen LogP contribution in [0.5, 0.6) is 0 Å². The van der Waals surface area contributed by atoms with Gasteiger partial charge in [0.1, 0.15) is 0 Å². The first-order chi connectivity index (χ1) is 8.72. The third-order valence-corrected chi connectivity index (χ3v) is 3.65. The number of hydrogen-bond acceptors (Lipinski definition) is 4. The highest BCUT2D eigenvalue weighted by atomic mass is 16.5. The minimum atomic E-state index is -0.0354. The van der Waals surface area contributed by atoms with Gasteiger partial charge in [-0.2, -0.15) is 0 Å². The predicted molar refractivity (Wildman–Crippen MR) is 68.1 cm³/mol. The van der Waals surface area contributed by atoms with Crippen LogP contribution in [0.25, 0.3) is 0 Å². The van der Waals surface area contributed by atoms with Crippen LogP contribution in [-0.2, 0) is 9.53 Å². The zero-order valence-corrected chi connectivity index (χ0v) is 11.1. The fourth-order valence-electron chi connectivity index (χ4n) is 2.68. The van der Waals surface area contributed by atoms with E-state index in [9.17, 15) is 4.79 Å². The summed E-state index contributed by atoms with van der Waals surface area (Å²) in [6.07, 6.45) is 7.29. The lowest BCUT2D eigenvalue weighted by molar-refractivity contribution is -0.149. The number of esters is 1. The van der Waals surface area contributed by atoms with E-state index in [4.69, 9.17) is 4.74 Å². The molecule has 4 heteroatoms. The molecule has 1 aromatic rings. The molecule has 0 aliphatic heterocycles. The molecule has 0 N–H and O–H groups in total. The average Bonchev–Trinajstić information content (AvgIpc) is 2.40. The van der Waals surface area contributed by atoms with Gasteiger partial charge in [0, 0.05) is 18.3 Å². The van der Waals surface area contributed by atoms with Gasteiger partial charge in [0.2, 0.25) is 0 Å². The van der Waals surface area contributed by atoms with Crippen LogP contribution in [0.4, 0.5) is 0 Å². The predicted octanol–water partition coefficient (Wildman–Crippen LogP) is 2.62.